The lowest BCUT2D eigenvalue weighted by Crippen LogP contribution is -2.47. The van der Waals surface area contributed by atoms with Crippen molar-refractivity contribution in [1.29, 1.82) is 0 Å². The molecule has 4 nitrogen and oxygen atoms in total. The summed E-state index contributed by atoms with van der Waals surface area (Å²) in [7, 11) is 0. The summed E-state index contributed by atoms with van der Waals surface area (Å²) in [5.41, 5.74) is -0.674. The molecule has 98 valence electrons. The summed E-state index contributed by atoms with van der Waals surface area (Å²) in [5.74, 6) is 0.568. The van der Waals surface area contributed by atoms with Crippen molar-refractivity contribution in [3.05, 3.63) is 0 Å². The molecule has 0 spiro atoms. The fourth-order valence-electron chi connectivity index (χ4n) is 2.64. The molecule has 0 aromatic carbocycles. The monoisotopic (exact) mass is 240 g/mol. The molecule has 1 amide bonds. The molecular formula is C13H24N2O2. The Balaban J connectivity index is 1.66. The van der Waals surface area contributed by atoms with E-state index in [1.807, 2.05) is 0 Å². The summed E-state index contributed by atoms with van der Waals surface area (Å²) < 4.78 is 0. The van der Waals surface area contributed by atoms with Crippen molar-refractivity contribution in [3.63, 3.8) is 0 Å². The Hall–Kier alpha value is -0.610. The van der Waals surface area contributed by atoms with Gasteiger partial charge in [0.1, 0.15) is 0 Å². The molecule has 0 radical (unpaired) electrons. The van der Waals surface area contributed by atoms with Gasteiger partial charge in [-0.05, 0) is 31.6 Å². The number of carbonyl (C=O) groups is 1. The van der Waals surface area contributed by atoms with Crippen LogP contribution in [-0.2, 0) is 4.79 Å². The molecule has 0 bridgehead atoms. The highest BCUT2D eigenvalue weighted by molar-refractivity contribution is 5.78. The minimum atomic E-state index is -0.674. The standard InChI is InChI=1S/C13H24N2O2/c1-10-3-2-6-13(17,7-10)9-15-12(16)8-14-11-4-5-11/h10-11,14,17H,2-9H2,1H3,(H,15,16). The van der Waals surface area contributed by atoms with Crippen LogP contribution in [0, 0.1) is 5.92 Å². The van der Waals surface area contributed by atoms with E-state index in [1.54, 1.807) is 0 Å². The number of amides is 1. The first kappa shape index (κ1) is 12.8. The van der Waals surface area contributed by atoms with Gasteiger partial charge in [0.2, 0.25) is 5.91 Å². The van der Waals surface area contributed by atoms with E-state index in [0.717, 1.165) is 19.3 Å². The number of rotatable bonds is 5. The predicted molar refractivity (Wildman–Crippen MR) is 66.6 cm³/mol. The molecule has 0 aromatic rings. The van der Waals surface area contributed by atoms with Gasteiger partial charge in [-0.3, -0.25) is 4.79 Å². The fraction of sp³-hybridized carbons (Fsp3) is 0.923. The molecule has 2 aliphatic rings. The van der Waals surface area contributed by atoms with E-state index in [-0.39, 0.29) is 5.91 Å². The second kappa shape index (κ2) is 5.36. The molecule has 2 atom stereocenters. The average molecular weight is 240 g/mol. The lowest BCUT2D eigenvalue weighted by Gasteiger charge is -2.35. The summed E-state index contributed by atoms with van der Waals surface area (Å²) >= 11 is 0. The van der Waals surface area contributed by atoms with Gasteiger partial charge in [-0.15, -0.1) is 0 Å². The Morgan fingerprint density at radius 2 is 2.18 bits per heavy atom. The summed E-state index contributed by atoms with van der Waals surface area (Å²) in [6, 6.07) is 0.554. The fourth-order valence-corrected chi connectivity index (χ4v) is 2.64. The van der Waals surface area contributed by atoms with Crippen molar-refractivity contribution in [2.24, 2.45) is 5.92 Å². The van der Waals surface area contributed by atoms with Crippen LogP contribution in [-0.4, -0.2) is 35.7 Å². The van der Waals surface area contributed by atoms with Crippen LogP contribution in [0.3, 0.4) is 0 Å². The molecule has 3 N–H and O–H groups in total. The van der Waals surface area contributed by atoms with Gasteiger partial charge in [0, 0.05) is 12.6 Å². The van der Waals surface area contributed by atoms with Crippen LogP contribution < -0.4 is 10.6 Å². The van der Waals surface area contributed by atoms with Gasteiger partial charge in [0.15, 0.2) is 0 Å². The van der Waals surface area contributed by atoms with E-state index in [9.17, 15) is 9.90 Å². The SMILES string of the molecule is CC1CCCC(O)(CNC(=O)CNC2CC2)C1. The van der Waals surface area contributed by atoms with Crippen molar-refractivity contribution in [3.8, 4) is 0 Å². The number of aliphatic hydroxyl groups is 1. The molecule has 2 saturated carbocycles. The largest absolute Gasteiger partial charge is 0.388 e. The Bertz CT molecular complexity index is 279. The quantitative estimate of drug-likeness (QED) is 0.666. The zero-order valence-corrected chi connectivity index (χ0v) is 10.7. The van der Waals surface area contributed by atoms with Gasteiger partial charge in [0.05, 0.1) is 12.1 Å². The third-order valence-corrected chi connectivity index (χ3v) is 3.81. The Kier molecular flexibility index (Phi) is 4.05. The van der Waals surface area contributed by atoms with Gasteiger partial charge in [-0.2, -0.15) is 0 Å². The maximum Gasteiger partial charge on any atom is 0.234 e. The van der Waals surface area contributed by atoms with E-state index >= 15 is 0 Å². The Morgan fingerprint density at radius 1 is 1.41 bits per heavy atom. The van der Waals surface area contributed by atoms with E-state index in [2.05, 4.69) is 17.6 Å². The minimum Gasteiger partial charge on any atom is -0.388 e. The Labute approximate surface area is 103 Å². The number of hydrogen-bond donors (Lipinski definition) is 3. The van der Waals surface area contributed by atoms with Crippen LogP contribution in [0.1, 0.15) is 45.4 Å². The lowest BCUT2D eigenvalue weighted by molar-refractivity contribution is -0.122. The summed E-state index contributed by atoms with van der Waals surface area (Å²) in [6.45, 7) is 2.96. The van der Waals surface area contributed by atoms with Crippen molar-refractivity contribution < 1.29 is 9.90 Å². The minimum absolute atomic E-state index is 0.00329. The maximum absolute atomic E-state index is 11.6. The van der Waals surface area contributed by atoms with E-state index in [1.165, 1.54) is 19.3 Å². The number of carbonyl (C=O) groups excluding carboxylic acids is 1. The molecule has 17 heavy (non-hydrogen) atoms. The lowest BCUT2D eigenvalue weighted by atomic mass is 9.79. The molecule has 0 aromatic heterocycles. The zero-order chi connectivity index (χ0) is 12.3. The van der Waals surface area contributed by atoms with E-state index < -0.39 is 5.60 Å². The van der Waals surface area contributed by atoms with Gasteiger partial charge in [0.25, 0.3) is 0 Å². The smallest absolute Gasteiger partial charge is 0.234 e. The summed E-state index contributed by atoms with van der Waals surface area (Å²) in [4.78, 5) is 11.6. The van der Waals surface area contributed by atoms with E-state index in [4.69, 9.17) is 0 Å². The zero-order valence-electron chi connectivity index (χ0n) is 10.7. The maximum atomic E-state index is 11.6. The highest BCUT2D eigenvalue weighted by Gasteiger charge is 2.32. The Morgan fingerprint density at radius 3 is 2.82 bits per heavy atom. The second-order valence-corrected chi connectivity index (χ2v) is 5.86. The third kappa shape index (κ3) is 4.28. The third-order valence-electron chi connectivity index (χ3n) is 3.81. The van der Waals surface area contributed by atoms with Gasteiger partial charge >= 0.3 is 0 Å². The molecular weight excluding hydrogens is 216 g/mol. The van der Waals surface area contributed by atoms with Crippen molar-refractivity contribution in [2.75, 3.05) is 13.1 Å². The summed E-state index contributed by atoms with van der Waals surface area (Å²) in [6.07, 6.45) is 6.26. The van der Waals surface area contributed by atoms with Crippen LogP contribution in [0.5, 0.6) is 0 Å². The highest BCUT2D eigenvalue weighted by atomic mass is 16.3. The molecule has 0 saturated heterocycles. The first-order chi connectivity index (χ1) is 8.07. The van der Waals surface area contributed by atoms with Crippen LogP contribution in [0.15, 0.2) is 0 Å². The van der Waals surface area contributed by atoms with Crippen molar-refractivity contribution >= 4 is 5.91 Å². The van der Waals surface area contributed by atoms with Crippen LogP contribution in [0.4, 0.5) is 0 Å². The normalized spacial score (nSPS) is 33.4. The topological polar surface area (TPSA) is 61.4 Å². The van der Waals surface area contributed by atoms with Crippen molar-refractivity contribution in [1.82, 2.24) is 10.6 Å². The van der Waals surface area contributed by atoms with Crippen LogP contribution >= 0.6 is 0 Å². The number of hydrogen-bond acceptors (Lipinski definition) is 3. The molecule has 2 fully saturated rings. The molecule has 4 heteroatoms. The van der Waals surface area contributed by atoms with Crippen LogP contribution in [0.2, 0.25) is 0 Å². The van der Waals surface area contributed by atoms with Crippen molar-refractivity contribution in [2.45, 2.75) is 57.1 Å². The van der Waals surface area contributed by atoms with E-state index in [0.29, 0.717) is 25.0 Å². The molecule has 2 aliphatic carbocycles. The van der Waals surface area contributed by atoms with Crippen LogP contribution in [0.25, 0.3) is 0 Å². The molecule has 2 rings (SSSR count). The highest BCUT2D eigenvalue weighted by Crippen LogP contribution is 2.31. The second-order valence-electron chi connectivity index (χ2n) is 5.86. The predicted octanol–water partition coefficient (Wildman–Crippen LogP) is 0.796. The number of nitrogens with one attached hydrogen (secondary N) is 2. The summed E-state index contributed by atoms with van der Waals surface area (Å²) in [5, 5.41) is 16.4. The van der Waals surface area contributed by atoms with Gasteiger partial charge in [-0.25, -0.2) is 0 Å². The first-order valence-electron chi connectivity index (χ1n) is 6.80. The molecule has 0 aliphatic heterocycles. The molecule has 0 heterocycles. The first-order valence-corrected chi connectivity index (χ1v) is 6.80. The van der Waals surface area contributed by atoms with Gasteiger partial charge < -0.3 is 15.7 Å². The van der Waals surface area contributed by atoms with Gasteiger partial charge in [-0.1, -0.05) is 19.8 Å². The average Bonchev–Trinajstić information content (AvgIpc) is 3.07. The molecule has 2 unspecified atom stereocenters.